The number of anilines is 1. The van der Waals surface area contributed by atoms with Gasteiger partial charge in [0.25, 0.3) is 0 Å². The van der Waals surface area contributed by atoms with Gasteiger partial charge < -0.3 is 5.32 Å². The molecular weight excluding hydrogens is 362 g/mol. The number of thiocarbonyl (C=S) groups is 1. The Morgan fingerprint density at radius 1 is 0.786 bits per heavy atom. The highest BCUT2D eigenvalue weighted by molar-refractivity contribution is 7.80. The number of hydrogen-bond donors (Lipinski definition) is 3. The number of nitrogens with one attached hydrogen (secondary N) is 3. The lowest BCUT2D eigenvalue weighted by atomic mass is 10.0. The molecule has 0 fully saturated rings. The molecule has 0 saturated heterocycles. The van der Waals surface area contributed by atoms with E-state index in [1.165, 1.54) is 16.7 Å². The van der Waals surface area contributed by atoms with Crippen molar-refractivity contribution in [2.24, 2.45) is 0 Å². The van der Waals surface area contributed by atoms with Gasteiger partial charge in [-0.2, -0.15) is 0 Å². The van der Waals surface area contributed by atoms with E-state index >= 15 is 0 Å². The maximum atomic E-state index is 5.35. The highest BCUT2D eigenvalue weighted by atomic mass is 32.1. The van der Waals surface area contributed by atoms with Crippen molar-refractivity contribution in [3.05, 3.63) is 96.6 Å². The molecular formula is C24H25N3S. The molecule has 0 unspecified atom stereocenters. The van der Waals surface area contributed by atoms with Crippen LogP contribution < -0.4 is 16.2 Å². The Bertz CT molecular complexity index is 930. The average Bonchev–Trinajstić information content (AvgIpc) is 2.73. The predicted molar refractivity (Wildman–Crippen MR) is 124 cm³/mol. The van der Waals surface area contributed by atoms with E-state index in [-0.39, 0.29) is 0 Å². The number of hydrogen-bond acceptors (Lipinski definition) is 2. The molecule has 0 aliphatic rings. The van der Waals surface area contributed by atoms with Crippen LogP contribution in [0.25, 0.3) is 16.8 Å². The summed E-state index contributed by atoms with van der Waals surface area (Å²) >= 11 is 5.35. The molecule has 0 atom stereocenters. The summed E-state index contributed by atoms with van der Waals surface area (Å²) in [5.41, 5.74) is 12.4. The van der Waals surface area contributed by atoms with Crippen molar-refractivity contribution in [1.82, 2.24) is 10.9 Å². The van der Waals surface area contributed by atoms with Crippen LogP contribution in [0.1, 0.15) is 30.9 Å². The first-order chi connectivity index (χ1) is 13.5. The summed E-state index contributed by atoms with van der Waals surface area (Å²) in [6, 6.07) is 26.8. The van der Waals surface area contributed by atoms with Crippen molar-refractivity contribution in [3.63, 3.8) is 0 Å². The van der Waals surface area contributed by atoms with Crippen LogP contribution in [0.5, 0.6) is 0 Å². The van der Waals surface area contributed by atoms with E-state index in [2.05, 4.69) is 73.0 Å². The van der Waals surface area contributed by atoms with E-state index in [0.29, 0.717) is 11.0 Å². The topological polar surface area (TPSA) is 36.1 Å². The maximum Gasteiger partial charge on any atom is 0.189 e. The van der Waals surface area contributed by atoms with Crippen LogP contribution in [0.15, 0.2) is 85.4 Å². The summed E-state index contributed by atoms with van der Waals surface area (Å²) in [5, 5.41) is 3.65. The number of benzene rings is 3. The van der Waals surface area contributed by atoms with E-state index in [0.717, 1.165) is 16.9 Å². The van der Waals surface area contributed by atoms with Crippen LogP contribution in [0, 0.1) is 0 Å². The fourth-order valence-electron chi connectivity index (χ4n) is 2.81. The van der Waals surface area contributed by atoms with Crippen molar-refractivity contribution in [2.75, 3.05) is 5.32 Å². The van der Waals surface area contributed by atoms with Crippen molar-refractivity contribution < 1.29 is 0 Å². The minimum atomic E-state index is 0.486. The summed E-state index contributed by atoms with van der Waals surface area (Å²) in [6.45, 7) is 8.43. The quantitative estimate of drug-likeness (QED) is 0.361. The van der Waals surface area contributed by atoms with E-state index < -0.39 is 0 Å². The van der Waals surface area contributed by atoms with E-state index in [4.69, 9.17) is 12.2 Å². The van der Waals surface area contributed by atoms with Gasteiger partial charge in [0.2, 0.25) is 0 Å². The third-order valence-electron chi connectivity index (χ3n) is 4.50. The molecule has 3 aromatic rings. The molecule has 3 nitrogen and oxygen atoms in total. The molecule has 0 aliphatic carbocycles. The summed E-state index contributed by atoms with van der Waals surface area (Å²) < 4.78 is 0. The molecule has 0 aliphatic heterocycles. The Kier molecular flexibility index (Phi) is 6.45. The zero-order valence-corrected chi connectivity index (χ0v) is 17.0. The molecule has 0 bridgehead atoms. The monoisotopic (exact) mass is 387 g/mol. The van der Waals surface area contributed by atoms with E-state index in [9.17, 15) is 0 Å². The second-order valence-electron chi connectivity index (χ2n) is 6.90. The van der Waals surface area contributed by atoms with Gasteiger partial charge in [-0.05, 0) is 52.5 Å². The lowest BCUT2D eigenvalue weighted by Gasteiger charge is -2.15. The molecule has 4 heteroatoms. The average molecular weight is 388 g/mol. The van der Waals surface area contributed by atoms with Gasteiger partial charge >= 0.3 is 0 Å². The largest absolute Gasteiger partial charge is 0.331 e. The summed E-state index contributed by atoms with van der Waals surface area (Å²) in [6.07, 6.45) is 0. The number of rotatable bonds is 6. The van der Waals surface area contributed by atoms with Crippen LogP contribution >= 0.6 is 12.2 Å². The number of hydrazine groups is 1. The lowest BCUT2D eigenvalue weighted by Crippen LogP contribution is -2.38. The molecule has 0 spiro atoms. The fraction of sp³-hybridized carbons (Fsp3) is 0.125. The van der Waals surface area contributed by atoms with Crippen LogP contribution in [-0.4, -0.2) is 5.11 Å². The zero-order valence-electron chi connectivity index (χ0n) is 16.2. The molecule has 0 heterocycles. The van der Waals surface area contributed by atoms with Crippen molar-refractivity contribution in [2.45, 2.75) is 19.8 Å². The third kappa shape index (κ3) is 5.21. The van der Waals surface area contributed by atoms with Gasteiger partial charge in [0.1, 0.15) is 0 Å². The lowest BCUT2D eigenvalue weighted by molar-refractivity contribution is 0.850. The van der Waals surface area contributed by atoms with Crippen LogP contribution in [-0.2, 0) is 0 Å². The first kappa shape index (κ1) is 19.6. The van der Waals surface area contributed by atoms with Gasteiger partial charge in [-0.3, -0.25) is 10.9 Å². The summed E-state index contributed by atoms with van der Waals surface area (Å²) in [4.78, 5) is 0. The Hall–Kier alpha value is -3.11. The molecule has 0 radical (unpaired) electrons. The fourth-order valence-corrected chi connectivity index (χ4v) is 2.98. The SMILES string of the molecule is C=C(NNC(=S)Nc1ccc(C(C)C)cc1)c1ccc(-c2ccccc2)cc1. The van der Waals surface area contributed by atoms with Gasteiger partial charge in [0.05, 0.1) is 5.70 Å². The zero-order chi connectivity index (χ0) is 19.9. The highest BCUT2D eigenvalue weighted by Gasteiger charge is 2.03. The maximum absolute atomic E-state index is 5.35. The normalized spacial score (nSPS) is 10.4. The molecule has 0 aromatic heterocycles. The van der Waals surface area contributed by atoms with Gasteiger partial charge in [-0.15, -0.1) is 0 Å². The van der Waals surface area contributed by atoms with Gasteiger partial charge in [0, 0.05) is 5.69 Å². The van der Waals surface area contributed by atoms with Crippen LogP contribution in [0.2, 0.25) is 0 Å². The predicted octanol–water partition coefficient (Wildman–Crippen LogP) is 5.94. The molecule has 142 valence electrons. The van der Waals surface area contributed by atoms with Gasteiger partial charge in [0.15, 0.2) is 5.11 Å². The minimum Gasteiger partial charge on any atom is -0.331 e. The van der Waals surface area contributed by atoms with Crippen molar-refractivity contribution in [1.29, 1.82) is 0 Å². The highest BCUT2D eigenvalue weighted by Crippen LogP contribution is 2.21. The van der Waals surface area contributed by atoms with Gasteiger partial charge in [-0.1, -0.05) is 87.2 Å². The molecule has 3 rings (SSSR count). The molecule has 28 heavy (non-hydrogen) atoms. The van der Waals surface area contributed by atoms with Crippen LogP contribution in [0.3, 0.4) is 0 Å². The Morgan fingerprint density at radius 2 is 1.39 bits per heavy atom. The first-order valence-corrected chi connectivity index (χ1v) is 9.71. The molecule has 3 N–H and O–H groups in total. The molecule has 0 amide bonds. The second kappa shape index (κ2) is 9.20. The summed E-state index contributed by atoms with van der Waals surface area (Å²) in [7, 11) is 0. The molecule has 0 saturated carbocycles. The van der Waals surface area contributed by atoms with E-state index in [1.807, 2.05) is 42.5 Å². The van der Waals surface area contributed by atoms with E-state index in [1.54, 1.807) is 0 Å². The Balaban J connectivity index is 1.52. The second-order valence-corrected chi connectivity index (χ2v) is 7.31. The minimum absolute atomic E-state index is 0.486. The summed E-state index contributed by atoms with van der Waals surface area (Å²) in [5.74, 6) is 0.511. The Labute approximate surface area is 172 Å². The third-order valence-corrected chi connectivity index (χ3v) is 4.71. The van der Waals surface area contributed by atoms with Crippen molar-refractivity contribution >= 4 is 28.7 Å². The first-order valence-electron chi connectivity index (χ1n) is 9.30. The van der Waals surface area contributed by atoms with Gasteiger partial charge in [-0.25, -0.2) is 0 Å². The standard InChI is InChI=1S/C24H25N3S/c1-17(2)19-13-15-23(16-14-19)25-24(28)27-26-18(3)20-9-11-22(12-10-20)21-7-5-4-6-8-21/h4-17,26H,3H2,1-2H3,(H2,25,27,28). The molecule has 3 aromatic carbocycles. The Morgan fingerprint density at radius 3 is 2.00 bits per heavy atom. The van der Waals surface area contributed by atoms with Crippen LogP contribution in [0.4, 0.5) is 5.69 Å². The smallest absolute Gasteiger partial charge is 0.189 e. The van der Waals surface area contributed by atoms with Crippen molar-refractivity contribution in [3.8, 4) is 11.1 Å².